The molecule has 2 aromatic rings. The molecule has 2 N–H and O–H groups in total. The second-order valence-electron chi connectivity index (χ2n) is 3.35. The standard InChI is InChI=1S/C10H10FN3O2/c1-14-7-4-2-3-6(11)9(7)13-10(14)12-5-8(15)16/h2-4H,5H2,1H3,(H,12,13)(H,15,16). The minimum absolute atomic E-state index is 0.234. The third-order valence-corrected chi connectivity index (χ3v) is 2.26. The molecule has 0 fully saturated rings. The third-order valence-electron chi connectivity index (χ3n) is 2.26. The van der Waals surface area contributed by atoms with E-state index in [0.29, 0.717) is 11.5 Å². The Balaban J connectivity index is 2.44. The van der Waals surface area contributed by atoms with Gasteiger partial charge in [0.1, 0.15) is 12.1 Å². The van der Waals surface area contributed by atoms with E-state index in [1.54, 1.807) is 23.7 Å². The molecule has 0 saturated heterocycles. The van der Waals surface area contributed by atoms with Crippen molar-refractivity contribution in [3.8, 4) is 0 Å². The molecule has 0 atom stereocenters. The highest BCUT2D eigenvalue weighted by molar-refractivity contribution is 5.80. The lowest BCUT2D eigenvalue weighted by Gasteiger charge is -2.02. The molecule has 1 heterocycles. The van der Waals surface area contributed by atoms with E-state index in [1.165, 1.54) is 6.07 Å². The Hall–Kier alpha value is -2.11. The number of aromatic nitrogens is 2. The van der Waals surface area contributed by atoms with Crippen LogP contribution in [0.1, 0.15) is 0 Å². The van der Waals surface area contributed by atoms with Gasteiger partial charge in [-0.2, -0.15) is 0 Å². The van der Waals surface area contributed by atoms with Gasteiger partial charge in [-0.1, -0.05) is 6.07 Å². The predicted molar refractivity (Wildman–Crippen MR) is 56.8 cm³/mol. The number of rotatable bonds is 3. The molecule has 0 radical (unpaired) electrons. The van der Waals surface area contributed by atoms with Gasteiger partial charge in [-0.05, 0) is 12.1 Å². The molecule has 2 rings (SSSR count). The van der Waals surface area contributed by atoms with E-state index >= 15 is 0 Å². The smallest absolute Gasteiger partial charge is 0.322 e. The van der Waals surface area contributed by atoms with Crippen molar-refractivity contribution in [3.05, 3.63) is 24.0 Å². The van der Waals surface area contributed by atoms with Gasteiger partial charge < -0.3 is 15.0 Å². The largest absolute Gasteiger partial charge is 0.480 e. The van der Waals surface area contributed by atoms with Crippen LogP contribution in [0.3, 0.4) is 0 Å². The van der Waals surface area contributed by atoms with Crippen LogP contribution in [0, 0.1) is 5.82 Å². The van der Waals surface area contributed by atoms with Crippen LogP contribution in [0.25, 0.3) is 11.0 Å². The lowest BCUT2D eigenvalue weighted by Crippen LogP contribution is -2.14. The number of halogens is 1. The molecular weight excluding hydrogens is 213 g/mol. The highest BCUT2D eigenvalue weighted by Gasteiger charge is 2.11. The summed E-state index contributed by atoms with van der Waals surface area (Å²) in [7, 11) is 1.69. The van der Waals surface area contributed by atoms with Crippen LogP contribution in [0.5, 0.6) is 0 Å². The molecular formula is C10H10FN3O2. The fourth-order valence-electron chi connectivity index (χ4n) is 1.49. The molecule has 0 aliphatic rings. The van der Waals surface area contributed by atoms with Crippen molar-refractivity contribution in [3.63, 3.8) is 0 Å². The summed E-state index contributed by atoms with van der Waals surface area (Å²) in [5.74, 6) is -1.08. The minimum Gasteiger partial charge on any atom is -0.480 e. The van der Waals surface area contributed by atoms with Crippen LogP contribution in [-0.2, 0) is 11.8 Å². The number of imidazole rings is 1. The molecule has 16 heavy (non-hydrogen) atoms. The zero-order valence-corrected chi connectivity index (χ0v) is 8.57. The van der Waals surface area contributed by atoms with Gasteiger partial charge in [-0.15, -0.1) is 0 Å². The summed E-state index contributed by atoms with van der Waals surface area (Å²) >= 11 is 0. The summed E-state index contributed by atoms with van der Waals surface area (Å²) in [6.07, 6.45) is 0. The number of aliphatic carboxylic acids is 1. The van der Waals surface area contributed by atoms with Crippen molar-refractivity contribution in [1.82, 2.24) is 9.55 Å². The lowest BCUT2D eigenvalue weighted by atomic mass is 10.3. The molecule has 0 bridgehead atoms. The first-order valence-electron chi connectivity index (χ1n) is 4.66. The topological polar surface area (TPSA) is 67.2 Å². The molecule has 1 aromatic carbocycles. The fourth-order valence-corrected chi connectivity index (χ4v) is 1.49. The lowest BCUT2D eigenvalue weighted by molar-refractivity contribution is -0.134. The van der Waals surface area contributed by atoms with Crippen LogP contribution in [-0.4, -0.2) is 27.2 Å². The Morgan fingerprint density at radius 1 is 1.62 bits per heavy atom. The number of hydrogen-bond acceptors (Lipinski definition) is 3. The van der Waals surface area contributed by atoms with Gasteiger partial charge >= 0.3 is 5.97 Å². The fraction of sp³-hybridized carbons (Fsp3) is 0.200. The Kier molecular flexibility index (Phi) is 2.47. The molecule has 0 aliphatic heterocycles. The second kappa shape index (κ2) is 3.80. The van der Waals surface area contributed by atoms with E-state index in [9.17, 15) is 9.18 Å². The average Bonchev–Trinajstić information content (AvgIpc) is 2.55. The number of nitrogens with zero attached hydrogens (tertiary/aromatic N) is 2. The van der Waals surface area contributed by atoms with E-state index in [-0.39, 0.29) is 12.1 Å². The van der Waals surface area contributed by atoms with Crippen molar-refractivity contribution in [2.75, 3.05) is 11.9 Å². The van der Waals surface area contributed by atoms with Crippen LogP contribution >= 0.6 is 0 Å². The molecule has 0 spiro atoms. The molecule has 0 saturated carbocycles. The first kappa shape index (κ1) is 10.4. The van der Waals surface area contributed by atoms with Gasteiger partial charge in [0, 0.05) is 7.05 Å². The molecule has 1 aromatic heterocycles. The molecule has 5 nitrogen and oxygen atoms in total. The Labute approximate surface area is 90.5 Å². The number of carbonyl (C=O) groups is 1. The minimum atomic E-state index is -0.993. The zero-order valence-electron chi connectivity index (χ0n) is 8.57. The maximum absolute atomic E-state index is 13.4. The van der Waals surface area contributed by atoms with Crippen molar-refractivity contribution < 1.29 is 14.3 Å². The number of nitrogens with one attached hydrogen (secondary N) is 1. The van der Waals surface area contributed by atoms with Gasteiger partial charge in [0.25, 0.3) is 0 Å². The molecule has 0 amide bonds. The normalized spacial score (nSPS) is 10.6. The number of hydrogen-bond donors (Lipinski definition) is 2. The maximum Gasteiger partial charge on any atom is 0.322 e. The summed E-state index contributed by atoms with van der Waals surface area (Å²) in [6, 6.07) is 4.62. The summed E-state index contributed by atoms with van der Waals surface area (Å²) in [4.78, 5) is 14.4. The quantitative estimate of drug-likeness (QED) is 0.820. The van der Waals surface area contributed by atoms with Crippen molar-refractivity contribution in [2.45, 2.75) is 0 Å². The van der Waals surface area contributed by atoms with E-state index in [2.05, 4.69) is 10.3 Å². The molecule has 6 heteroatoms. The predicted octanol–water partition coefficient (Wildman–Crippen LogP) is 1.21. The Morgan fingerprint density at radius 3 is 3.00 bits per heavy atom. The SMILES string of the molecule is Cn1c(NCC(=O)O)nc2c(F)cccc21. The third kappa shape index (κ3) is 1.69. The van der Waals surface area contributed by atoms with E-state index in [4.69, 9.17) is 5.11 Å². The van der Waals surface area contributed by atoms with Gasteiger partial charge in [0.2, 0.25) is 5.95 Å². The van der Waals surface area contributed by atoms with E-state index in [0.717, 1.165) is 0 Å². The van der Waals surface area contributed by atoms with Crippen LogP contribution in [0.15, 0.2) is 18.2 Å². The highest BCUT2D eigenvalue weighted by atomic mass is 19.1. The number of carboxylic acids is 1. The number of anilines is 1. The van der Waals surface area contributed by atoms with Crippen LogP contribution in [0.2, 0.25) is 0 Å². The molecule has 0 unspecified atom stereocenters. The van der Waals surface area contributed by atoms with Crippen molar-refractivity contribution in [1.29, 1.82) is 0 Å². The van der Waals surface area contributed by atoms with Gasteiger partial charge in [-0.3, -0.25) is 4.79 Å². The van der Waals surface area contributed by atoms with Crippen molar-refractivity contribution >= 4 is 23.0 Å². The monoisotopic (exact) mass is 223 g/mol. The van der Waals surface area contributed by atoms with Gasteiger partial charge in [0.15, 0.2) is 5.82 Å². The first-order chi connectivity index (χ1) is 7.59. The summed E-state index contributed by atoms with van der Waals surface area (Å²) < 4.78 is 15.0. The van der Waals surface area contributed by atoms with Crippen LogP contribution < -0.4 is 5.32 Å². The number of aryl methyl sites for hydroxylation is 1. The number of fused-ring (bicyclic) bond motifs is 1. The molecule has 84 valence electrons. The zero-order chi connectivity index (χ0) is 11.7. The average molecular weight is 223 g/mol. The van der Waals surface area contributed by atoms with Crippen LogP contribution in [0.4, 0.5) is 10.3 Å². The molecule has 0 aliphatic carbocycles. The number of para-hydroxylation sites is 1. The Bertz CT molecular complexity index is 550. The maximum atomic E-state index is 13.4. The van der Waals surface area contributed by atoms with E-state index in [1.807, 2.05) is 0 Å². The van der Waals surface area contributed by atoms with Gasteiger partial charge in [0.05, 0.1) is 5.52 Å². The Morgan fingerprint density at radius 2 is 2.38 bits per heavy atom. The van der Waals surface area contributed by atoms with Gasteiger partial charge in [-0.25, -0.2) is 9.37 Å². The number of carboxylic acid groups (broad SMARTS) is 1. The summed E-state index contributed by atoms with van der Waals surface area (Å²) in [6.45, 7) is -0.251. The van der Waals surface area contributed by atoms with E-state index < -0.39 is 11.8 Å². The van der Waals surface area contributed by atoms with Crippen molar-refractivity contribution in [2.24, 2.45) is 7.05 Å². The number of benzene rings is 1. The summed E-state index contributed by atoms with van der Waals surface area (Å²) in [5.41, 5.74) is 0.853. The second-order valence-corrected chi connectivity index (χ2v) is 3.35. The first-order valence-corrected chi connectivity index (χ1v) is 4.66. The highest BCUT2D eigenvalue weighted by Crippen LogP contribution is 2.20. The summed E-state index contributed by atoms with van der Waals surface area (Å²) in [5, 5.41) is 11.1.